The van der Waals surface area contributed by atoms with Gasteiger partial charge in [0.2, 0.25) is 0 Å². The number of aromatic nitrogens is 1. The number of ether oxygens (including phenoxy) is 1. The molecule has 0 fully saturated rings. The maximum atomic E-state index is 13.2. The third-order valence-electron chi connectivity index (χ3n) is 5.32. The molecule has 1 aromatic heterocycles. The molecule has 3 aromatic rings. The molecule has 2 amide bonds. The number of aryl methyl sites for hydroxylation is 1. The van der Waals surface area contributed by atoms with Crippen molar-refractivity contribution in [3.05, 3.63) is 82.5 Å². The smallest absolute Gasteiger partial charge is 0.339 e. The molecule has 1 aliphatic heterocycles. The summed E-state index contributed by atoms with van der Waals surface area (Å²) in [4.78, 5) is 33.6. The number of benzene rings is 2. The molecule has 164 valence electrons. The number of anilines is 3. The van der Waals surface area contributed by atoms with Gasteiger partial charge in [0.25, 0.3) is 0 Å². The Labute approximate surface area is 191 Å². The van der Waals surface area contributed by atoms with Crippen molar-refractivity contribution in [1.82, 2.24) is 4.98 Å². The zero-order valence-corrected chi connectivity index (χ0v) is 18.6. The minimum Gasteiger partial charge on any atom is -0.465 e. The summed E-state index contributed by atoms with van der Waals surface area (Å²) < 4.78 is 4.81. The lowest BCUT2D eigenvalue weighted by atomic mass is 10.1. The molecular formula is C24H23ClN4O3. The van der Waals surface area contributed by atoms with E-state index in [1.807, 2.05) is 6.07 Å². The van der Waals surface area contributed by atoms with E-state index in [0.717, 1.165) is 5.82 Å². The topological polar surface area (TPSA) is 74.8 Å². The molecule has 0 bridgehead atoms. The maximum absolute atomic E-state index is 13.2. The van der Waals surface area contributed by atoms with Crippen molar-refractivity contribution >= 4 is 40.8 Å². The molecule has 0 spiro atoms. The lowest BCUT2D eigenvalue weighted by Gasteiger charge is -2.36. The summed E-state index contributed by atoms with van der Waals surface area (Å²) in [5.74, 6) is 0.177. The number of urea groups is 1. The van der Waals surface area contributed by atoms with E-state index in [9.17, 15) is 9.59 Å². The fraction of sp³-hybridized carbons (Fsp3) is 0.208. The Morgan fingerprint density at radius 3 is 2.66 bits per heavy atom. The van der Waals surface area contributed by atoms with Gasteiger partial charge in [-0.1, -0.05) is 41.4 Å². The van der Waals surface area contributed by atoms with Crippen LogP contribution < -0.4 is 15.1 Å². The van der Waals surface area contributed by atoms with Crippen molar-refractivity contribution in [1.29, 1.82) is 0 Å². The zero-order chi connectivity index (χ0) is 22.7. The molecule has 0 saturated carbocycles. The molecular weight excluding hydrogens is 428 g/mol. The van der Waals surface area contributed by atoms with Crippen LogP contribution in [-0.4, -0.2) is 37.2 Å². The van der Waals surface area contributed by atoms with Crippen LogP contribution in [0.25, 0.3) is 0 Å². The second kappa shape index (κ2) is 9.28. The van der Waals surface area contributed by atoms with Gasteiger partial charge in [0.05, 0.1) is 24.0 Å². The first-order chi connectivity index (χ1) is 15.5. The number of esters is 1. The lowest BCUT2D eigenvalue weighted by molar-refractivity contribution is 0.0602. The Morgan fingerprint density at radius 1 is 1.12 bits per heavy atom. The second-order valence-corrected chi connectivity index (χ2v) is 7.95. The summed E-state index contributed by atoms with van der Waals surface area (Å²) in [6.07, 6.45) is 1.72. The van der Waals surface area contributed by atoms with Gasteiger partial charge in [0, 0.05) is 30.9 Å². The molecule has 1 aliphatic rings. The van der Waals surface area contributed by atoms with Crippen LogP contribution >= 0.6 is 11.6 Å². The van der Waals surface area contributed by atoms with Crippen molar-refractivity contribution < 1.29 is 14.3 Å². The highest BCUT2D eigenvalue weighted by Gasteiger charge is 2.28. The van der Waals surface area contributed by atoms with Gasteiger partial charge in [-0.3, -0.25) is 4.90 Å². The van der Waals surface area contributed by atoms with Gasteiger partial charge in [0.15, 0.2) is 5.82 Å². The number of hydrogen-bond acceptors (Lipinski definition) is 5. The average Bonchev–Trinajstić information content (AvgIpc) is 2.80. The molecule has 0 unspecified atom stereocenters. The van der Waals surface area contributed by atoms with Gasteiger partial charge < -0.3 is 15.0 Å². The van der Waals surface area contributed by atoms with Crippen LogP contribution in [-0.2, 0) is 11.3 Å². The number of nitrogens with one attached hydrogen (secondary N) is 1. The third-order valence-corrected chi connectivity index (χ3v) is 5.55. The van der Waals surface area contributed by atoms with Crippen LogP contribution in [0, 0.1) is 6.92 Å². The second-order valence-electron chi connectivity index (χ2n) is 7.52. The highest BCUT2D eigenvalue weighted by atomic mass is 35.5. The Kier molecular flexibility index (Phi) is 6.28. The van der Waals surface area contributed by atoms with Crippen LogP contribution in [0.15, 0.2) is 60.8 Å². The molecule has 1 N–H and O–H groups in total. The van der Waals surface area contributed by atoms with Crippen LogP contribution in [0.3, 0.4) is 0 Å². The molecule has 2 aromatic carbocycles. The Morgan fingerprint density at radius 2 is 1.91 bits per heavy atom. The SMILES string of the molecule is COC(=O)c1ccc(Cl)cc1NC(=O)N1CCN(Cc2ccc(C)cc2)c2ncccc21. The fourth-order valence-electron chi connectivity index (χ4n) is 3.66. The molecule has 4 rings (SSSR count). The van der Waals surface area contributed by atoms with Crippen molar-refractivity contribution in [3.63, 3.8) is 0 Å². The number of fused-ring (bicyclic) bond motifs is 1. The molecule has 0 saturated heterocycles. The number of pyridine rings is 1. The van der Waals surface area contributed by atoms with Crippen LogP contribution in [0.1, 0.15) is 21.5 Å². The first kappa shape index (κ1) is 21.6. The minimum atomic E-state index is -0.554. The summed E-state index contributed by atoms with van der Waals surface area (Å²) in [5.41, 5.74) is 3.61. The summed E-state index contributed by atoms with van der Waals surface area (Å²) in [6, 6.07) is 16.3. The van der Waals surface area contributed by atoms with Gasteiger partial charge in [-0.2, -0.15) is 0 Å². The summed E-state index contributed by atoms with van der Waals surface area (Å²) >= 11 is 6.09. The largest absolute Gasteiger partial charge is 0.465 e. The van der Waals surface area contributed by atoms with E-state index in [1.54, 1.807) is 23.2 Å². The van der Waals surface area contributed by atoms with Gasteiger partial charge in [-0.25, -0.2) is 14.6 Å². The van der Waals surface area contributed by atoms with Crippen LogP contribution in [0.2, 0.25) is 5.02 Å². The molecule has 7 nitrogen and oxygen atoms in total. The van der Waals surface area contributed by atoms with E-state index in [2.05, 4.69) is 46.4 Å². The lowest BCUT2D eigenvalue weighted by Crippen LogP contribution is -2.46. The van der Waals surface area contributed by atoms with E-state index in [-0.39, 0.29) is 11.6 Å². The van der Waals surface area contributed by atoms with Crippen molar-refractivity contribution in [2.75, 3.05) is 35.3 Å². The number of amides is 2. The number of halogens is 1. The van der Waals surface area contributed by atoms with Gasteiger partial charge >= 0.3 is 12.0 Å². The number of carbonyl (C=O) groups is 2. The Hall–Kier alpha value is -3.58. The fourth-order valence-corrected chi connectivity index (χ4v) is 3.83. The standard InChI is InChI=1S/C24H23ClN4O3/c1-16-5-7-17(8-6-16)15-28-12-13-29(21-4-3-11-26-22(21)28)24(31)27-20-14-18(25)9-10-19(20)23(30)32-2/h3-11,14H,12-13,15H2,1-2H3,(H,27,31). The van der Waals surface area contributed by atoms with E-state index >= 15 is 0 Å². The highest BCUT2D eigenvalue weighted by molar-refractivity contribution is 6.31. The highest BCUT2D eigenvalue weighted by Crippen LogP contribution is 2.32. The Balaban J connectivity index is 1.58. The number of hydrogen-bond donors (Lipinski definition) is 1. The summed E-state index contributed by atoms with van der Waals surface area (Å²) in [6.45, 7) is 3.83. The number of carbonyl (C=O) groups excluding carboxylic acids is 2. The van der Waals surface area contributed by atoms with E-state index in [1.165, 1.54) is 30.4 Å². The third kappa shape index (κ3) is 4.53. The van der Waals surface area contributed by atoms with Crippen molar-refractivity contribution in [3.8, 4) is 0 Å². The van der Waals surface area contributed by atoms with E-state index in [0.29, 0.717) is 36.0 Å². The molecule has 0 radical (unpaired) electrons. The van der Waals surface area contributed by atoms with Crippen molar-refractivity contribution in [2.24, 2.45) is 0 Å². The van der Waals surface area contributed by atoms with Crippen molar-refractivity contribution in [2.45, 2.75) is 13.5 Å². The van der Waals surface area contributed by atoms with Gasteiger partial charge in [-0.15, -0.1) is 0 Å². The summed E-state index contributed by atoms with van der Waals surface area (Å²) in [7, 11) is 1.29. The predicted octanol–water partition coefficient (Wildman–Crippen LogP) is 4.89. The van der Waals surface area contributed by atoms with Crippen LogP contribution in [0.5, 0.6) is 0 Å². The minimum absolute atomic E-state index is 0.231. The average molecular weight is 451 g/mol. The quantitative estimate of drug-likeness (QED) is 0.573. The van der Waals surface area contributed by atoms with Gasteiger partial charge in [-0.05, 0) is 42.8 Å². The molecule has 32 heavy (non-hydrogen) atoms. The number of rotatable bonds is 4. The Bertz CT molecular complexity index is 1150. The zero-order valence-electron chi connectivity index (χ0n) is 17.8. The first-order valence-corrected chi connectivity index (χ1v) is 10.6. The molecule has 8 heteroatoms. The maximum Gasteiger partial charge on any atom is 0.339 e. The predicted molar refractivity (Wildman–Crippen MR) is 126 cm³/mol. The van der Waals surface area contributed by atoms with E-state index in [4.69, 9.17) is 16.3 Å². The van der Waals surface area contributed by atoms with Crippen LogP contribution in [0.4, 0.5) is 22.0 Å². The molecule has 0 aliphatic carbocycles. The number of nitrogens with zero attached hydrogens (tertiary/aromatic N) is 3. The van der Waals surface area contributed by atoms with Gasteiger partial charge in [0.1, 0.15) is 0 Å². The molecule has 0 atom stereocenters. The number of methoxy groups -OCH3 is 1. The first-order valence-electron chi connectivity index (χ1n) is 10.2. The van der Waals surface area contributed by atoms with E-state index < -0.39 is 5.97 Å². The monoisotopic (exact) mass is 450 g/mol. The summed E-state index contributed by atoms with van der Waals surface area (Å²) in [5, 5.41) is 3.20. The molecule has 2 heterocycles. The normalized spacial score (nSPS) is 12.8.